The van der Waals surface area contributed by atoms with Crippen LogP contribution in [-0.4, -0.2) is 16.0 Å². The van der Waals surface area contributed by atoms with Crippen molar-refractivity contribution >= 4 is 11.6 Å². The van der Waals surface area contributed by atoms with Gasteiger partial charge >= 0.3 is 0 Å². The fourth-order valence-corrected chi connectivity index (χ4v) is 1.71. The molecule has 108 valence electrons. The third-order valence-electron chi connectivity index (χ3n) is 2.84. The van der Waals surface area contributed by atoms with Gasteiger partial charge < -0.3 is 9.84 Å². The average molecular weight is 284 g/mol. The number of carbonyl (C=O) groups is 1. The summed E-state index contributed by atoms with van der Waals surface area (Å²) in [6.45, 7) is 3.95. The average Bonchev–Trinajstić information content (AvgIpc) is 2.94. The topological polar surface area (TPSA) is 91.8 Å². The highest BCUT2D eigenvalue weighted by atomic mass is 16.5. The van der Waals surface area contributed by atoms with Crippen LogP contribution in [-0.2, 0) is 11.2 Å². The van der Waals surface area contributed by atoms with Crippen molar-refractivity contribution in [2.45, 2.75) is 32.6 Å². The van der Waals surface area contributed by atoms with Gasteiger partial charge in [-0.05, 0) is 18.2 Å². The zero-order valence-corrected chi connectivity index (χ0v) is 12.0. The van der Waals surface area contributed by atoms with E-state index in [-0.39, 0.29) is 18.2 Å². The Bertz CT molecular complexity index is 670. The van der Waals surface area contributed by atoms with Crippen LogP contribution in [0.1, 0.15) is 43.5 Å². The third-order valence-corrected chi connectivity index (χ3v) is 2.84. The van der Waals surface area contributed by atoms with Crippen LogP contribution in [0.3, 0.4) is 0 Å². The number of amides is 1. The standard InChI is InChI=1S/C15H16N4O2/c1-10(2)15-18-14(21-19-15)7-6-13(20)17-12-5-3-4-11(8-12)9-16/h3-5,8,10H,6-7H2,1-2H3,(H,17,20). The molecule has 6 nitrogen and oxygen atoms in total. The minimum absolute atomic E-state index is 0.158. The van der Waals surface area contributed by atoms with E-state index in [2.05, 4.69) is 15.5 Å². The maximum atomic E-state index is 11.8. The maximum Gasteiger partial charge on any atom is 0.227 e. The van der Waals surface area contributed by atoms with Gasteiger partial charge in [0.1, 0.15) is 0 Å². The second-order valence-electron chi connectivity index (χ2n) is 4.94. The molecule has 2 aromatic rings. The fraction of sp³-hybridized carbons (Fsp3) is 0.333. The van der Waals surface area contributed by atoms with Crippen LogP contribution in [0.2, 0.25) is 0 Å². The molecule has 0 fully saturated rings. The number of hydrogen-bond donors (Lipinski definition) is 1. The molecule has 0 saturated carbocycles. The molecule has 0 aliphatic rings. The molecule has 21 heavy (non-hydrogen) atoms. The van der Waals surface area contributed by atoms with E-state index in [1.54, 1.807) is 24.3 Å². The Labute approximate surface area is 122 Å². The van der Waals surface area contributed by atoms with E-state index in [1.165, 1.54) is 0 Å². The van der Waals surface area contributed by atoms with E-state index >= 15 is 0 Å². The van der Waals surface area contributed by atoms with Gasteiger partial charge in [0.25, 0.3) is 0 Å². The van der Waals surface area contributed by atoms with Crippen LogP contribution in [0.5, 0.6) is 0 Å². The Balaban J connectivity index is 1.88. The van der Waals surface area contributed by atoms with Crippen molar-refractivity contribution < 1.29 is 9.32 Å². The number of nitriles is 1. The molecule has 0 aliphatic heterocycles. The van der Waals surface area contributed by atoms with E-state index in [0.29, 0.717) is 29.4 Å². The number of aryl methyl sites for hydroxylation is 1. The van der Waals surface area contributed by atoms with Crippen LogP contribution in [0, 0.1) is 11.3 Å². The molecule has 6 heteroatoms. The summed E-state index contributed by atoms with van der Waals surface area (Å²) < 4.78 is 5.08. The molecule has 0 spiro atoms. The van der Waals surface area contributed by atoms with Crippen molar-refractivity contribution in [2.75, 3.05) is 5.32 Å². The Morgan fingerprint density at radius 1 is 1.48 bits per heavy atom. The second kappa shape index (κ2) is 6.66. The minimum atomic E-state index is -0.158. The van der Waals surface area contributed by atoms with E-state index in [0.717, 1.165) is 0 Å². The van der Waals surface area contributed by atoms with Crippen molar-refractivity contribution in [3.05, 3.63) is 41.5 Å². The van der Waals surface area contributed by atoms with Crippen molar-refractivity contribution in [1.82, 2.24) is 10.1 Å². The third kappa shape index (κ3) is 4.14. The molecule has 2 rings (SSSR count). The number of carbonyl (C=O) groups excluding carboxylic acids is 1. The number of benzene rings is 1. The van der Waals surface area contributed by atoms with Crippen molar-refractivity contribution in [1.29, 1.82) is 5.26 Å². The summed E-state index contributed by atoms with van der Waals surface area (Å²) in [5.41, 5.74) is 1.11. The van der Waals surface area contributed by atoms with E-state index in [4.69, 9.17) is 9.78 Å². The van der Waals surface area contributed by atoms with Crippen LogP contribution < -0.4 is 5.32 Å². The van der Waals surface area contributed by atoms with Gasteiger partial charge in [-0.1, -0.05) is 25.1 Å². The molecule has 1 heterocycles. The second-order valence-corrected chi connectivity index (χ2v) is 4.94. The monoisotopic (exact) mass is 284 g/mol. The smallest absolute Gasteiger partial charge is 0.227 e. The van der Waals surface area contributed by atoms with E-state index in [1.807, 2.05) is 19.9 Å². The van der Waals surface area contributed by atoms with Crippen LogP contribution in [0.25, 0.3) is 0 Å². The molecule has 0 radical (unpaired) electrons. The Morgan fingerprint density at radius 3 is 2.95 bits per heavy atom. The summed E-state index contributed by atoms with van der Waals surface area (Å²) in [5.74, 6) is 1.14. The van der Waals surface area contributed by atoms with Gasteiger partial charge in [-0.25, -0.2) is 0 Å². The number of anilines is 1. The lowest BCUT2D eigenvalue weighted by molar-refractivity contribution is -0.116. The molecule has 0 bridgehead atoms. The molecular formula is C15H16N4O2. The molecule has 1 amide bonds. The predicted octanol–water partition coefficient (Wildman–Crippen LogP) is 2.64. The largest absolute Gasteiger partial charge is 0.339 e. The van der Waals surface area contributed by atoms with Crippen LogP contribution in [0.4, 0.5) is 5.69 Å². The van der Waals surface area contributed by atoms with Gasteiger partial charge in [0.05, 0.1) is 11.6 Å². The van der Waals surface area contributed by atoms with Gasteiger partial charge in [-0.15, -0.1) is 0 Å². The van der Waals surface area contributed by atoms with Gasteiger partial charge in [-0.2, -0.15) is 10.2 Å². The summed E-state index contributed by atoms with van der Waals surface area (Å²) in [6, 6.07) is 8.80. The number of nitrogens with one attached hydrogen (secondary N) is 1. The molecule has 0 aliphatic carbocycles. The highest BCUT2D eigenvalue weighted by molar-refractivity contribution is 5.90. The molecule has 1 aromatic heterocycles. The van der Waals surface area contributed by atoms with Crippen LogP contribution in [0.15, 0.2) is 28.8 Å². The number of aromatic nitrogens is 2. The first-order valence-corrected chi connectivity index (χ1v) is 6.71. The Kier molecular flexibility index (Phi) is 4.67. The highest BCUT2D eigenvalue weighted by Crippen LogP contribution is 2.12. The predicted molar refractivity (Wildman–Crippen MR) is 76.5 cm³/mol. The molecule has 0 unspecified atom stereocenters. The van der Waals surface area contributed by atoms with Gasteiger partial charge in [0.15, 0.2) is 5.82 Å². The van der Waals surface area contributed by atoms with Gasteiger partial charge in [-0.3, -0.25) is 4.79 Å². The number of rotatable bonds is 5. The van der Waals surface area contributed by atoms with Crippen LogP contribution >= 0.6 is 0 Å². The minimum Gasteiger partial charge on any atom is -0.339 e. The highest BCUT2D eigenvalue weighted by Gasteiger charge is 2.11. The maximum absolute atomic E-state index is 11.8. The quantitative estimate of drug-likeness (QED) is 0.911. The summed E-state index contributed by atoms with van der Waals surface area (Å²) in [4.78, 5) is 16.1. The molecular weight excluding hydrogens is 268 g/mol. The lowest BCUT2D eigenvalue weighted by Gasteiger charge is -2.04. The zero-order chi connectivity index (χ0) is 15.2. The summed E-state index contributed by atoms with van der Waals surface area (Å²) in [5, 5.41) is 15.4. The zero-order valence-electron chi connectivity index (χ0n) is 12.0. The van der Waals surface area contributed by atoms with E-state index < -0.39 is 0 Å². The number of hydrogen-bond acceptors (Lipinski definition) is 5. The first-order chi connectivity index (χ1) is 10.1. The summed E-state index contributed by atoms with van der Waals surface area (Å²) in [7, 11) is 0. The number of nitrogens with zero attached hydrogens (tertiary/aromatic N) is 3. The van der Waals surface area contributed by atoms with Gasteiger partial charge in [0, 0.05) is 24.4 Å². The molecule has 1 aromatic carbocycles. The molecule has 1 N–H and O–H groups in total. The Hall–Kier alpha value is -2.68. The normalized spacial score (nSPS) is 10.4. The summed E-state index contributed by atoms with van der Waals surface area (Å²) >= 11 is 0. The van der Waals surface area contributed by atoms with E-state index in [9.17, 15) is 4.79 Å². The van der Waals surface area contributed by atoms with Gasteiger partial charge in [0.2, 0.25) is 11.8 Å². The molecule has 0 saturated heterocycles. The van der Waals surface area contributed by atoms with Crippen molar-refractivity contribution in [2.24, 2.45) is 0 Å². The Morgan fingerprint density at radius 2 is 2.29 bits per heavy atom. The first kappa shape index (κ1) is 14.7. The van der Waals surface area contributed by atoms with Crippen molar-refractivity contribution in [3.8, 4) is 6.07 Å². The fourth-order valence-electron chi connectivity index (χ4n) is 1.71. The molecule has 0 atom stereocenters. The lowest BCUT2D eigenvalue weighted by atomic mass is 10.2. The van der Waals surface area contributed by atoms with Crippen molar-refractivity contribution in [3.63, 3.8) is 0 Å². The SMILES string of the molecule is CC(C)c1noc(CCC(=O)Nc2cccc(C#N)c2)n1. The lowest BCUT2D eigenvalue weighted by Crippen LogP contribution is -2.12. The first-order valence-electron chi connectivity index (χ1n) is 6.71. The summed E-state index contributed by atoms with van der Waals surface area (Å²) in [6.07, 6.45) is 0.639.